The van der Waals surface area contributed by atoms with Gasteiger partial charge in [-0.25, -0.2) is 4.79 Å². The summed E-state index contributed by atoms with van der Waals surface area (Å²) in [6.45, 7) is 6.71. The number of carbonyl (C=O) groups is 1. The Labute approximate surface area is 82.3 Å². The fourth-order valence-corrected chi connectivity index (χ4v) is 0.967. The van der Waals surface area contributed by atoms with Gasteiger partial charge < -0.3 is 9.47 Å². The van der Waals surface area contributed by atoms with Gasteiger partial charge in [-0.15, -0.1) is 0 Å². The van der Waals surface area contributed by atoms with Gasteiger partial charge in [0.05, 0.1) is 12.5 Å². The molecule has 0 bridgehead atoms. The molecule has 0 aliphatic rings. The lowest BCUT2D eigenvalue weighted by atomic mass is 10.2. The fourth-order valence-electron chi connectivity index (χ4n) is 0.967. The smallest absolute Gasteiger partial charge is 0.346 e. The number of rotatable bonds is 4. The Morgan fingerprint density at radius 3 is 2.57 bits per heavy atom. The Morgan fingerprint density at radius 2 is 1.93 bits per heavy atom. The first-order valence-corrected chi connectivity index (χ1v) is 3.98. The first-order valence-electron chi connectivity index (χ1n) is 3.98. The molecule has 1 rings (SSSR count). The van der Waals surface area contributed by atoms with Gasteiger partial charge in [-0.3, -0.25) is 0 Å². The van der Waals surface area contributed by atoms with Crippen molar-refractivity contribution in [1.82, 2.24) is 0 Å². The molecule has 14 heavy (non-hydrogen) atoms. The van der Waals surface area contributed by atoms with E-state index in [0.29, 0.717) is 11.3 Å². The maximum Gasteiger partial charge on any atom is 0.346 e. The van der Waals surface area contributed by atoms with Gasteiger partial charge in [-0.1, -0.05) is 25.3 Å². The van der Waals surface area contributed by atoms with E-state index >= 15 is 0 Å². The normalized spacial score (nSPS) is 8.86. The van der Waals surface area contributed by atoms with Crippen LogP contribution in [0.25, 0.3) is 0 Å². The second kappa shape index (κ2) is 4.87. The molecule has 0 spiro atoms. The largest absolute Gasteiger partial charge is 0.465 e. The molecule has 3 heteroatoms. The average Bonchev–Trinajstić information content (AvgIpc) is 2.19. The average molecular weight is 190 g/mol. The molecule has 3 nitrogen and oxygen atoms in total. The minimum absolute atomic E-state index is 0.340. The molecule has 0 amide bonds. The van der Waals surface area contributed by atoms with Gasteiger partial charge in [0.1, 0.15) is 11.3 Å². The van der Waals surface area contributed by atoms with Gasteiger partial charge in [0.25, 0.3) is 0 Å². The van der Waals surface area contributed by atoms with E-state index in [1.54, 1.807) is 24.3 Å². The second-order valence-corrected chi connectivity index (χ2v) is 2.35. The molecule has 0 heterocycles. The summed E-state index contributed by atoms with van der Waals surface area (Å²) in [5.41, 5.74) is 0.340. The van der Waals surface area contributed by atoms with E-state index in [2.05, 4.69) is 17.9 Å². The highest BCUT2D eigenvalue weighted by atomic mass is 16.5. The highest BCUT2D eigenvalue weighted by Gasteiger charge is 2.11. The quantitative estimate of drug-likeness (QED) is 0.540. The summed E-state index contributed by atoms with van der Waals surface area (Å²) in [4.78, 5) is 11.3. The van der Waals surface area contributed by atoms with Gasteiger partial charge in [0, 0.05) is 0 Å². The monoisotopic (exact) mass is 190 g/mol. The van der Waals surface area contributed by atoms with Crippen molar-refractivity contribution in [1.29, 1.82) is 0 Å². The zero-order valence-electron chi connectivity index (χ0n) is 7.60. The molecule has 0 unspecified atom stereocenters. The molecule has 0 saturated heterocycles. The van der Waals surface area contributed by atoms with Crippen LogP contribution in [-0.4, -0.2) is 5.97 Å². The maximum absolute atomic E-state index is 11.3. The molecule has 0 N–H and O–H groups in total. The van der Waals surface area contributed by atoms with E-state index in [0.717, 1.165) is 6.26 Å². The van der Waals surface area contributed by atoms with Crippen molar-refractivity contribution in [3.8, 4) is 5.75 Å². The van der Waals surface area contributed by atoms with E-state index in [9.17, 15) is 4.79 Å². The van der Waals surface area contributed by atoms with Gasteiger partial charge in [-0.05, 0) is 12.1 Å². The van der Waals surface area contributed by atoms with Crippen molar-refractivity contribution in [3.05, 3.63) is 55.5 Å². The minimum atomic E-state index is -0.502. The van der Waals surface area contributed by atoms with Crippen molar-refractivity contribution < 1.29 is 14.3 Å². The van der Waals surface area contributed by atoms with E-state index in [1.165, 1.54) is 6.26 Å². The zero-order valence-corrected chi connectivity index (χ0v) is 7.60. The number of hydrogen-bond donors (Lipinski definition) is 0. The highest BCUT2D eigenvalue weighted by molar-refractivity contribution is 5.92. The zero-order chi connectivity index (χ0) is 10.4. The van der Waals surface area contributed by atoms with Crippen molar-refractivity contribution in [2.75, 3.05) is 0 Å². The van der Waals surface area contributed by atoms with Crippen molar-refractivity contribution in [3.63, 3.8) is 0 Å². The first kappa shape index (κ1) is 10.1. The standard InChI is InChI=1S/C11H10O3/c1-3-13-10-8-6-5-7-9(10)11(12)14-4-2/h3-8H,1-2H2. The number of ether oxygens (including phenoxy) is 2. The predicted octanol–water partition coefficient (Wildman–Crippen LogP) is 2.51. The molecule has 0 atom stereocenters. The Hall–Kier alpha value is -2.03. The number of esters is 1. The van der Waals surface area contributed by atoms with Gasteiger partial charge >= 0.3 is 5.97 Å². The third kappa shape index (κ3) is 2.23. The number of benzene rings is 1. The van der Waals surface area contributed by atoms with Crippen LogP contribution in [0.4, 0.5) is 0 Å². The third-order valence-corrected chi connectivity index (χ3v) is 1.51. The summed E-state index contributed by atoms with van der Waals surface area (Å²) < 4.78 is 9.66. The van der Waals surface area contributed by atoms with Crippen molar-refractivity contribution in [2.24, 2.45) is 0 Å². The van der Waals surface area contributed by atoms with Crippen LogP contribution in [0.15, 0.2) is 49.9 Å². The minimum Gasteiger partial charge on any atom is -0.465 e. The summed E-state index contributed by atoms with van der Waals surface area (Å²) in [5.74, 6) is -0.0909. The second-order valence-electron chi connectivity index (χ2n) is 2.35. The molecule has 72 valence electrons. The van der Waals surface area contributed by atoms with Crippen LogP contribution in [0.5, 0.6) is 5.75 Å². The molecule has 0 fully saturated rings. The Morgan fingerprint density at radius 1 is 1.21 bits per heavy atom. The van der Waals surface area contributed by atoms with E-state index in [4.69, 9.17) is 4.74 Å². The molecular formula is C11H10O3. The van der Waals surface area contributed by atoms with Crippen molar-refractivity contribution >= 4 is 5.97 Å². The van der Waals surface area contributed by atoms with E-state index < -0.39 is 5.97 Å². The topological polar surface area (TPSA) is 35.5 Å². The predicted molar refractivity (Wildman–Crippen MR) is 52.9 cm³/mol. The van der Waals surface area contributed by atoms with Crippen LogP contribution in [0.1, 0.15) is 10.4 Å². The molecule has 0 aliphatic heterocycles. The molecule has 0 aliphatic carbocycles. The lowest BCUT2D eigenvalue weighted by Crippen LogP contribution is -2.02. The Balaban J connectivity index is 2.99. The van der Waals surface area contributed by atoms with Gasteiger partial charge in [0.15, 0.2) is 0 Å². The van der Waals surface area contributed by atoms with Crippen LogP contribution in [0.2, 0.25) is 0 Å². The SMILES string of the molecule is C=COC(=O)c1ccccc1OC=C. The number of hydrogen-bond acceptors (Lipinski definition) is 3. The van der Waals surface area contributed by atoms with Gasteiger partial charge in [-0.2, -0.15) is 0 Å². The maximum atomic E-state index is 11.3. The van der Waals surface area contributed by atoms with Gasteiger partial charge in [0.2, 0.25) is 0 Å². The number of para-hydroxylation sites is 1. The molecule has 1 aromatic carbocycles. The first-order chi connectivity index (χ1) is 6.79. The molecule has 0 radical (unpaired) electrons. The van der Waals surface area contributed by atoms with Crippen LogP contribution >= 0.6 is 0 Å². The highest BCUT2D eigenvalue weighted by Crippen LogP contribution is 2.18. The molecular weight excluding hydrogens is 180 g/mol. The fraction of sp³-hybridized carbons (Fsp3) is 0. The van der Waals surface area contributed by atoms with Crippen LogP contribution in [0, 0.1) is 0 Å². The molecule has 0 aromatic heterocycles. The summed E-state index contributed by atoms with van der Waals surface area (Å²) in [6.07, 6.45) is 2.33. The Bertz CT molecular complexity index is 355. The van der Waals surface area contributed by atoms with Crippen molar-refractivity contribution in [2.45, 2.75) is 0 Å². The lowest BCUT2D eigenvalue weighted by molar-refractivity contribution is 0.0661. The summed E-state index contributed by atoms with van der Waals surface area (Å²) in [6, 6.07) is 6.73. The third-order valence-electron chi connectivity index (χ3n) is 1.51. The van der Waals surface area contributed by atoms with Crippen LogP contribution < -0.4 is 4.74 Å². The molecule has 0 saturated carbocycles. The van der Waals surface area contributed by atoms with Crippen LogP contribution in [0.3, 0.4) is 0 Å². The number of carbonyl (C=O) groups excluding carboxylic acids is 1. The van der Waals surface area contributed by atoms with E-state index in [1.807, 2.05) is 0 Å². The summed E-state index contributed by atoms with van der Waals surface area (Å²) in [7, 11) is 0. The Kier molecular flexibility index (Phi) is 3.49. The lowest BCUT2D eigenvalue weighted by Gasteiger charge is -2.05. The summed E-state index contributed by atoms with van der Waals surface area (Å²) >= 11 is 0. The molecule has 1 aromatic rings. The summed E-state index contributed by atoms with van der Waals surface area (Å²) in [5, 5.41) is 0. The van der Waals surface area contributed by atoms with Crippen LogP contribution in [-0.2, 0) is 4.74 Å². The van der Waals surface area contributed by atoms with E-state index in [-0.39, 0.29) is 0 Å².